The van der Waals surface area contributed by atoms with Gasteiger partial charge in [0.2, 0.25) is 5.91 Å². The molecule has 1 aliphatic rings. The number of amides is 1. The number of rotatable bonds is 7. The number of carbonyl (C=O) groups excluding carboxylic acids is 1. The second-order valence-corrected chi connectivity index (χ2v) is 8.70. The van der Waals surface area contributed by atoms with Crippen molar-refractivity contribution >= 4 is 27.3 Å². The lowest BCUT2D eigenvalue weighted by molar-refractivity contribution is -0.120. The number of methoxy groups -OCH3 is 2. The molecule has 1 amide bonds. The lowest BCUT2D eigenvalue weighted by atomic mass is 9.88. The number of benzene rings is 2. The van der Waals surface area contributed by atoms with Crippen LogP contribution in [0.4, 0.5) is 11.4 Å². The highest BCUT2D eigenvalue weighted by molar-refractivity contribution is 7.92. The summed E-state index contributed by atoms with van der Waals surface area (Å²) >= 11 is 0. The summed E-state index contributed by atoms with van der Waals surface area (Å²) in [7, 11) is -0.839. The molecular formula is C21H26N2O5S. The van der Waals surface area contributed by atoms with Crippen molar-refractivity contribution in [2.75, 3.05) is 24.3 Å². The molecule has 3 rings (SSSR count). The highest BCUT2D eigenvalue weighted by Gasteiger charge is 2.21. The van der Waals surface area contributed by atoms with Crippen molar-refractivity contribution in [2.45, 2.75) is 37.0 Å². The van der Waals surface area contributed by atoms with Gasteiger partial charge >= 0.3 is 0 Å². The van der Waals surface area contributed by atoms with Crippen LogP contribution in [0.1, 0.15) is 32.1 Å². The van der Waals surface area contributed by atoms with Crippen LogP contribution in [0.15, 0.2) is 47.4 Å². The molecule has 0 radical (unpaired) electrons. The molecule has 0 aromatic heterocycles. The first-order valence-corrected chi connectivity index (χ1v) is 11.1. The van der Waals surface area contributed by atoms with Crippen molar-refractivity contribution < 1.29 is 22.7 Å². The minimum atomic E-state index is -3.81. The molecule has 29 heavy (non-hydrogen) atoms. The molecule has 0 atom stereocenters. The number of ether oxygens (including phenoxy) is 2. The molecular weight excluding hydrogens is 392 g/mol. The van der Waals surface area contributed by atoms with Crippen molar-refractivity contribution in [1.82, 2.24) is 0 Å². The molecule has 0 aliphatic heterocycles. The highest BCUT2D eigenvalue weighted by Crippen LogP contribution is 2.31. The van der Waals surface area contributed by atoms with Gasteiger partial charge in [-0.05, 0) is 49.2 Å². The average Bonchev–Trinajstić information content (AvgIpc) is 2.74. The minimum Gasteiger partial charge on any atom is -0.497 e. The van der Waals surface area contributed by atoms with Crippen LogP contribution in [0.25, 0.3) is 0 Å². The summed E-state index contributed by atoms with van der Waals surface area (Å²) in [6.45, 7) is 0. The van der Waals surface area contributed by atoms with Gasteiger partial charge < -0.3 is 14.8 Å². The Morgan fingerprint density at radius 3 is 2.28 bits per heavy atom. The molecule has 2 aromatic carbocycles. The zero-order valence-electron chi connectivity index (χ0n) is 16.6. The quantitative estimate of drug-likeness (QED) is 0.708. The van der Waals surface area contributed by atoms with Gasteiger partial charge in [0, 0.05) is 17.7 Å². The van der Waals surface area contributed by atoms with E-state index in [0.717, 1.165) is 25.7 Å². The number of sulfonamides is 1. The van der Waals surface area contributed by atoms with E-state index < -0.39 is 10.0 Å². The number of carbonyl (C=O) groups is 1. The van der Waals surface area contributed by atoms with Gasteiger partial charge in [0.25, 0.3) is 10.0 Å². The van der Waals surface area contributed by atoms with Gasteiger partial charge in [-0.1, -0.05) is 19.3 Å². The average molecular weight is 419 g/mol. The molecule has 7 nitrogen and oxygen atoms in total. The van der Waals surface area contributed by atoms with Crippen molar-refractivity contribution in [3.63, 3.8) is 0 Å². The van der Waals surface area contributed by atoms with Crippen LogP contribution in [-0.4, -0.2) is 28.5 Å². The molecule has 1 fully saturated rings. The van der Waals surface area contributed by atoms with E-state index in [9.17, 15) is 13.2 Å². The van der Waals surface area contributed by atoms with Crippen LogP contribution >= 0.6 is 0 Å². The second kappa shape index (κ2) is 9.17. The third-order valence-corrected chi connectivity index (χ3v) is 6.44. The standard InChI is InChI=1S/C21H26N2O5S/c1-27-17-10-13-19(20(14-17)28-2)23-29(25,26)18-11-8-16(9-12-18)22-21(24)15-6-4-3-5-7-15/h8-15,23H,3-7H2,1-2H3,(H,22,24). The third kappa shape index (κ3) is 5.20. The van der Waals surface area contributed by atoms with Gasteiger partial charge in [-0.25, -0.2) is 8.42 Å². The maximum absolute atomic E-state index is 12.7. The van der Waals surface area contributed by atoms with Crippen LogP contribution in [0.2, 0.25) is 0 Å². The summed E-state index contributed by atoms with van der Waals surface area (Å²) < 4.78 is 38.3. The Balaban J connectivity index is 1.70. The molecule has 8 heteroatoms. The van der Waals surface area contributed by atoms with E-state index in [1.165, 1.54) is 32.8 Å². The lowest BCUT2D eigenvalue weighted by Crippen LogP contribution is -2.24. The first-order valence-electron chi connectivity index (χ1n) is 9.59. The molecule has 1 aliphatic carbocycles. The Bertz CT molecular complexity index is 952. The Labute approximate surface area is 171 Å². The first kappa shape index (κ1) is 21.0. The van der Waals surface area contributed by atoms with E-state index in [4.69, 9.17) is 9.47 Å². The molecule has 2 aromatic rings. The van der Waals surface area contributed by atoms with Gasteiger partial charge in [-0.2, -0.15) is 0 Å². The van der Waals surface area contributed by atoms with Gasteiger partial charge in [-0.15, -0.1) is 0 Å². The van der Waals surface area contributed by atoms with E-state index in [1.807, 2.05) is 0 Å². The fourth-order valence-electron chi connectivity index (χ4n) is 3.41. The summed E-state index contributed by atoms with van der Waals surface area (Å²) in [4.78, 5) is 12.4. The summed E-state index contributed by atoms with van der Waals surface area (Å²) in [5.74, 6) is 0.949. The summed E-state index contributed by atoms with van der Waals surface area (Å²) in [5, 5.41) is 2.88. The van der Waals surface area contributed by atoms with E-state index >= 15 is 0 Å². The molecule has 0 spiro atoms. The number of nitrogens with one attached hydrogen (secondary N) is 2. The van der Waals surface area contributed by atoms with E-state index in [0.29, 0.717) is 22.9 Å². The summed E-state index contributed by atoms with van der Waals surface area (Å²) in [6.07, 6.45) is 5.16. The maximum Gasteiger partial charge on any atom is 0.262 e. The molecule has 2 N–H and O–H groups in total. The number of hydrogen-bond donors (Lipinski definition) is 2. The van der Waals surface area contributed by atoms with Crippen LogP contribution in [0.5, 0.6) is 11.5 Å². The zero-order chi connectivity index (χ0) is 20.9. The topological polar surface area (TPSA) is 93.7 Å². The smallest absolute Gasteiger partial charge is 0.262 e. The van der Waals surface area contributed by atoms with Gasteiger partial charge in [0.1, 0.15) is 11.5 Å². The number of anilines is 2. The summed E-state index contributed by atoms with van der Waals surface area (Å²) in [5.41, 5.74) is 0.893. The van der Waals surface area contributed by atoms with Crippen molar-refractivity contribution in [1.29, 1.82) is 0 Å². The molecule has 156 valence electrons. The molecule has 0 bridgehead atoms. The molecule has 0 saturated heterocycles. The Morgan fingerprint density at radius 1 is 0.966 bits per heavy atom. The molecule has 0 unspecified atom stereocenters. The predicted molar refractivity (Wildman–Crippen MR) is 112 cm³/mol. The minimum absolute atomic E-state index is 0.00130. The summed E-state index contributed by atoms with van der Waals surface area (Å²) in [6, 6.07) is 10.9. The van der Waals surface area contributed by atoms with Crippen LogP contribution in [0, 0.1) is 5.92 Å². The molecule has 1 saturated carbocycles. The van der Waals surface area contributed by atoms with Crippen molar-refractivity contribution in [3.05, 3.63) is 42.5 Å². The van der Waals surface area contributed by atoms with E-state index in [2.05, 4.69) is 10.0 Å². The Kier molecular flexibility index (Phi) is 6.64. The van der Waals surface area contributed by atoms with E-state index in [-0.39, 0.29) is 16.7 Å². The van der Waals surface area contributed by atoms with Crippen LogP contribution in [0.3, 0.4) is 0 Å². The molecule has 0 heterocycles. The lowest BCUT2D eigenvalue weighted by Gasteiger charge is -2.20. The van der Waals surface area contributed by atoms with Crippen LogP contribution < -0.4 is 19.5 Å². The number of hydrogen-bond acceptors (Lipinski definition) is 5. The van der Waals surface area contributed by atoms with Crippen molar-refractivity contribution in [3.8, 4) is 11.5 Å². The van der Waals surface area contributed by atoms with Crippen LogP contribution in [-0.2, 0) is 14.8 Å². The predicted octanol–water partition coefficient (Wildman–Crippen LogP) is 4.02. The van der Waals surface area contributed by atoms with Gasteiger partial charge in [-0.3, -0.25) is 9.52 Å². The van der Waals surface area contributed by atoms with E-state index in [1.54, 1.807) is 30.3 Å². The largest absolute Gasteiger partial charge is 0.497 e. The second-order valence-electron chi connectivity index (χ2n) is 7.02. The Hall–Kier alpha value is -2.74. The third-order valence-electron chi connectivity index (χ3n) is 5.06. The first-order chi connectivity index (χ1) is 13.9. The van der Waals surface area contributed by atoms with Crippen molar-refractivity contribution in [2.24, 2.45) is 5.92 Å². The highest BCUT2D eigenvalue weighted by atomic mass is 32.2. The fourth-order valence-corrected chi connectivity index (χ4v) is 4.48. The van der Waals surface area contributed by atoms with Gasteiger partial charge in [0.05, 0.1) is 24.8 Å². The maximum atomic E-state index is 12.7. The zero-order valence-corrected chi connectivity index (χ0v) is 17.4. The normalized spacial score (nSPS) is 14.8. The Morgan fingerprint density at radius 2 is 1.66 bits per heavy atom. The SMILES string of the molecule is COc1ccc(NS(=O)(=O)c2ccc(NC(=O)C3CCCCC3)cc2)c(OC)c1. The fraction of sp³-hybridized carbons (Fsp3) is 0.381. The monoisotopic (exact) mass is 418 g/mol. The van der Waals surface area contributed by atoms with Gasteiger partial charge in [0.15, 0.2) is 0 Å².